The number of rotatable bonds is 2. The number of pyridine rings is 1. The van der Waals surface area contributed by atoms with E-state index in [9.17, 15) is 18.9 Å². The summed E-state index contributed by atoms with van der Waals surface area (Å²) in [5, 5.41) is 9.92. The maximum Gasteiger partial charge on any atom is 0.388 e. The minimum absolute atomic E-state index is 0.388. The quantitative estimate of drug-likeness (QED) is 0.473. The molecule has 8 heteroatoms. The third-order valence-corrected chi connectivity index (χ3v) is 1.64. The van der Waals surface area contributed by atoms with Gasteiger partial charge in [0.05, 0.1) is 5.56 Å². The van der Waals surface area contributed by atoms with Crippen molar-refractivity contribution in [1.29, 1.82) is 0 Å². The van der Waals surface area contributed by atoms with Crippen molar-refractivity contribution in [1.82, 2.24) is 4.98 Å². The molecule has 0 aromatic carbocycles. The molecular weight excluding hydrogens is 220 g/mol. The van der Waals surface area contributed by atoms with E-state index in [2.05, 4.69) is 4.98 Å². The summed E-state index contributed by atoms with van der Waals surface area (Å²) in [6, 6.07) is 0.800. The van der Waals surface area contributed by atoms with E-state index in [4.69, 9.17) is 17.3 Å². The number of nitrogens with two attached hydrogens (primary N) is 1. The molecule has 0 aliphatic heterocycles. The van der Waals surface area contributed by atoms with E-state index in [0.29, 0.717) is 0 Å². The molecule has 0 radical (unpaired) electrons. The van der Waals surface area contributed by atoms with Gasteiger partial charge in [-0.3, -0.25) is 0 Å². The number of anilines is 1. The summed E-state index contributed by atoms with van der Waals surface area (Å²) in [5.74, 6) is -0.854. The molecule has 5 nitrogen and oxygen atoms in total. The van der Waals surface area contributed by atoms with Crippen LogP contribution in [-0.2, 0) is 0 Å². The van der Waals surface area contributed by atoms with Crippen molar-refractivity contribution in [2.45, 2.75) is 6.43 Å². The van der Waals surface area contributed by atoms with Crippen LogP contribution in [0, 0.1) is 10.1 Å². The molecule has 0 amide bonds. The zero-order valence-corrected chi connectivity index (χ0v) is 7.33. The lowest BCUT2D eigenvalue weighted by Crippen LogP contribution is -2.03. The van der Waals surface area contributed by atoms with Crippen molar-refractivity contribution in [2.75, 3.05) is 5.73 Å². The number of nitro groups is 1. The Kier molecular flexibility index (Phi) is 2.80. The topological polar surface area (TPSA) is 82.0 Å². The van der Waals surface area contributed by atoms with Gasteiger partial charge in [0.1, 0.15) is 5.69 Å². The summed E-state index contributed by atoms with van der Waals surface area (Å²) >= 11 is 5.31. The zero-order chi connectivity index (χ0) is 10.9. The normalized spacial score (nSPS) is 10.6. The average molecular weight is 224 g/mol. The van der Waals surface area contributed by atoms with Gasteiger partial charge in [0, 0.05) is 6.07 Å². The molecule has 0 aliphatic rings. The molecule has 2 N–H and O–H groups in total. The summed E-state index contributed by atoms with van der Waals surface area (Å²) in [6.45, 7) is 0. The van der Waals surface area contributed by atoms with Crippen molar-refractivity contribution >= 4 is 23.1 Å². The summed E-state index contributed by atoms with van der Waals surface area (Å²) in [4.78, 5) is 12.6. The Bertz CT molecular complexity index is 386. The first-order valence-electron chi connectivity index (χ1n) is 3.32. The molecule has 0 aliphatic carbocycles. The molecule has 0 saturated carbocycles. The second-order valence-electron chi connectivity index (χ2n) is 2.33. The van der Waals surface area contributed by atoms with Crippen LogP contribution in [-0.4, -0.2) is 9.91 Å². The van der Waals surface area contributed by atoms with E-state index in [1.165, 1.54) is 0 Å². The van der Waals surface area contributed by atoms with Crippen LogP contribution in [0.25, 0.3) is 0 Å². The smallest absolute Gasteiger partial charge is 0.388 e. The van der Waals surface area contributed by atoms with Crippen LogP contribution in [0.4, 0.5) is 20.3 Å². The molecule has 0 bridgehead atoms. The predicted octanol–water partition coefficient (Wildman–Crippen LogP) is 2.16. The largest absolute Gasteiger partial charge is 0.391 e. The van der Waals surface area contributed by atoms with Gasteiger partial charge < -0.3 is 15.8 Å². The molecule has 1 rings (SSSR count). The Hall–Kier alpha value is -1.50. The monoisotopic (exact) mass is 223 g/mol. The van der Waals surface area contributed by atoms with E-state index in [1.807, 2.05) is 0 Å². The Morgan fingerprint density at radius 2 is 2.21 bits per heavy atom. The maximum absolute atomic E-state index is 12.3. The molecule has 0 fully saturated rings. The fourth-order valence-corrected chi connectivity index (χ4v) is 1.05. The molecular formula is C6H4ClF2N3O2. The molecule has 1 heterocycles. The van der Waals surface area contributed by atoms with E-state index in [1.54, 1.807) is 0 Å². The van der Waals surface area contributed by atoms with Gasteiger partial charge in [0.15, 0.2) is 0 Å². The number of nitrogen functional groups attached to an aromatic ring is 1. The van der Waals surface area contributed by atoms with Gasteiger partial charge in [-0.15, -0.1) is 0 Å². The lowest BCUT2D eigenvalue weighted by Gasteiger charge is -2.03. The van der Waals surface area contributed by atoms with Crippen molar-refractivity contribution in [2.24, 2.45) is 0 Å². The molecule has 0 unspecified atom stereocenters. The van der Waals surface area contributed by atoms with Crippen LogP contribution in [0.1, 0.15) is 12.0 Å². The van der Waals surface area contributed by atoms with Gasteiger partial charge in [0.25, 0.3) is 6.43 Å². The SMILES string of the molecule is Nc1c(C(F)F)cc(Cl)nc1[N+](=O)[O-]. The van der Waals surface area contributed by atoms with Crippen LogP contribution in [0.2, 0.25) is 5.15 Å². The Morgan fingerprint density at radius 3 is 2.64 bits per heavy atom. The Labute approximate surface area is 81.6 Å². The van der Waals surface area contributed by atoms with Gasteiger partial charge >= 0.3 is 5.82 Å². The highest BCUT2D eigenvalue weighted by Crippen LogP contribution is 2.32. The Morgan fingerprint density at radius 1 is 1.64 bits per heavy atom. The zero-order valence-electron chi connectivity index (χ0n) is 6.58. The lowest BCUT2D eigenvalue weighted by atomic mass is 10.2. The second kappa shape index (κ2) is 3.70. The highest BCUT2D eigenvalue weighted by molar-refractivity contribution is 6.29. The first kappa shape index (κ1) is 10.6. The third kappa shape index (κ3) is 1.87. The van der Waals surface area contributed by atoms with Crippen molar-refractivity contribution in [3.05, 3.63) is 26.9 Å². The molecule has 0 saturated heterocycles. The number of hydrogen-bond donors (Lipinski definition) is 1. The molecule has 14 heavy (non-hydrogen) atoms. The predicted molar refractivity (Wildman–Crippen MR) is 45.3 cm³/mol. The number of aromatic nitrogens is 1. The molecule has 76 valence electrons. The summed E-state index contributed by atoms with van der Waals surface area (Å²) in [7, 11) is 0. The van der Waals surface area contributed by atoms with Crippen molar-refractivity contribution in [3.8, 4) is 0 Å². The van der Waals surface area contributed by atoms with Crippen molar-refractivity contribution in [3.63, 3.8) is 0 Å². The van der Waals surface area contributed by atoms with Gasteiger partial charge in [-0.05, 0) is 21.5 Å². The Balaban J connectivity index is 3.40. The van der Waals surface area contributed by atoms with Crippen LogP contribution in [0.5, 0.6) is 0 Å². The highest BCUT2D eigenvalue weighted by Gasteiger charge is 2.24. The molecule has 1 aromatic heterocycles. The fraction of sp³-hybridized carbons (Fsp3) is 0.167. The summed E-state index contributed by atoms with van der Waals surface area (Å²) < 4.78 is 24.5. The molecule has 0 atom stereocenters. The van der Waals surface area contributed by atoms with Crippen LogP contribution in [0.3, 0.4) is 0 Å². The van der Waals surface area contributed by atoms with Crippen molar-refractivity contribution < 1.29 is 13.7 Å². The van der Waals surface area contributed by atoms with Crippen LogP contribution < -0.4 is 5.73 Å². The third-order valence-electron chi connectivity index (χ3n) is 1.45. The van der Waals surface area contributed by atoms with Gasteiger partial charge in [-0.2, -0.15) is 0 Å². The second-order valence-corrected chi connectivity index (χ2v) is 2.72. The van der Waals surface area contributed by atoms with Gasteiger partial charge in [0.2, 0.25) is 5.15 Å². The number of nitrogens with zero attached hydrogens (tertiary/aromatic N) is 2. The average Bonchev–Trinajstić information content (AvgIpc) is 2.07. The fourth-order valence-electron chi connectivity index (χ4n) is 0.849. The van der Waals surface area contributed by atoms with Crippen LogP contribution in [0.15, 0.2) is 6.07 Å². The number of halogens is 3. The molecule has 1 aromatic rings. The summed E-state index contributed by atoms with van der Waals surface area (Å²) in [5.41, 5.74) is 3.77. The highest BCUT2D eigenvalue weighted by atomic mass is 35.5. The van der Waals surface area contributed by atoms with E-state index in [-0.39, 0.29) is 5.15 Å². The minimum Gasteiger partial charge on any atom is -0.391 e. The van der Waals surface area contributed by atoms with E-state index < -0.39 is 28.4 Å². The molecule has 0 spiro atoms. The van der Waals surface area contributed by atoms with Gasteiger partial charge in [-0.1, -0.05) is 0 Å². The maximum atomic E-state index is 12.3. The summed E-state index contributed by atoms with van der Waals surface area (Å²) in [6.07, 6.45) is -2.92. The lowest BCUT2D eigenvalue weighted by molar-refractivity contribution is -0.388. The standard InChI is InChI=1S/C6H4ClF2N3O2/c7-3-1-2(5(8)9)4(10)6(11-3)12(13)14/h1,5H,10H2. The van der Waals surface area contributed by atoms with E-state index in [0.717, 1.165) is 6.07 Å². The minimum atomic E-state index is -2.92. The van der Waals surface area contributed by atoms with Gasteiger partial charge in [-0.25, -0.2) is 8.78 Å². The first-order valence-corrected chi connectivity index (χ1v) is 3.69. The van der Waals surface area contributed by atoms with E-state index >= 15 is 0 Å². The number of hydrogen-bond acceptors (Lipinski definition) is 4. The first-order chi connectivity index (χ1) is 6.43. The number of alkyl halides is 2. The van der Waals surface area contributed by atoms with Crippen LogP contribution >= 0.6 is 11.6 Å².